The summed E-state index contributed by atoms with van der Waals surface area (Å²) in [5, 5.41) is 0. The van der Waals surface area contributed by atoms with E-state index < -0.39 is 0 Å². The fourth-order valence-electron chi connectivity index (χ4n) is 4.08. The zero-order valence-corrected chi connectivity index (χ0v) is 12.5. The fraction of sp³-hybridized carbons (Fsp3) is 0.412. The summed E-state index contributed by atoms with van der Waals surface area (Å²) < 4.78 is 0. The second kappa shape index (κ2) is 4.69. The van der Waals surface area contributed by atoms with Crippen LogP contribution in [-0.2, 0) is 6.42 Å². The van der Waals surface area contributed by atoms with E-state index in [1.54, 1.807) is 11.1 Å². The average Bonchev–Trinajstić information content (AvgIpc) is 3.05. The van der Waals surface area contributed by atoms with E-state index in [2.05, 4.69) is 48.7 Å². The Kier molecular flexibility index (Phi) is 2.95. The van der Waals surface area contributed by atoms with Crippen LogP contribution in [0.25, 0.3) is 0 Å². The van der Waals surface area contributed by atoms with E-state index in [0.29, 0.717) is 17.9 Å². The summed E-state index contributed by atoms with van der Waals surface area (Å²) in [4.78, 5) is 2.76. The first-order valence-corrected chi connectivity index (χ1v) is 8.21. The van der Waals surface area contributed by atoms with Gasteiger partial charge in [-0.05, 0) is 60.8 Å². The Hall–Kier alpha value is -1.16. The third kappa shape index (κ3) is 1.85. The van der Waals surface area contributed by atoms with E-state index in [1.807, 2.05) is 11.3 Å². The molecule has 1 aromatic heterocycles. The monoisotopic (exact) mass is 284 g/mol. The van der Waals surface area contributed by atoms with Gasteiger partial charge in [0.05, 0.1) is 6.04 Å². The van der Waals surface area contributed by atoms with Crippen LogP contribution in [0.1, 0.15) is 39.3 Å². The molecule has 0 spiro atoms. The van der Waals surface area contributed by atoms with E-state index in [-0.39, 0.29) is 0 Å². The van der Waals surface area contributed by atoms with Crippen molar-refractivity contribution in [2.75, 3.05) is 0 Å². The molecule has 1 saturated carbocycles. The summed E-state index contributed by atoms with van der Waals surface area (Å²) >= 11 is 1.87. The predicted molar refractivity (Wildman–Crippen MR) is 83.6 cm³/mol. The summed E-state index contributed by atoms with van der Waals surface area (Å²) in [5.74, 6) is 8.08. The number of nitrogens with one attached hydrogen (secondary N) is 1. The highest BCUT2D eigenvalue weighted by Gasteiger charge is 2.56. The number of fused-ring (bicyclic) bond motifs is 3. The molecule has 2 aromatic rings. The number of nitrogens with two attached hydrogens (primary N) is 1. The van der Waals surface area contributed by atoms with Crippen molar-refractivity contribution < 1.29 is 0 Å². The van der Waals surface area contributed by atoms with Gasteiger partial charge in [0, 0.05) is 9.75 Å². The Morgan fingerprint density at radius 3 is 2.85 bits per heavy atom. The van der Waals surface area contributed by atoms with Crippen molar-refractivity contribution in [1.82, 2.24) is 5.43 Å². The first kappa shape index (κ1) is 12.6. The highest BCUT2D eigenvalue weighted by Crippen LogP contribution is 2.64. The molecule has 3 N–H and O–H groups in total. The molecule has 2 aliphatic carbocycles. The normalized spacial score (nSPS) is 28.6. The molecular weight excluding hydrogens is 264 g/mol. The largest absolute Gasteiger partial charge is 0.271 e. The Balaban J connectivity index is 1.65. The molecule has 0 saturated heterocycles. The van der Waals surface area contributed by atoms with Crippen LogP contribution in [0.15, 0.2) is 36.4 Å². The van der Waals surface area contributed by atoms with Gasteiger partial charge in [0.2, 0.25) is 0 Å². The lowest BCUT2D eigenvalue weighted by molar-refractivity contribution is 0.466. The molecule has 104 valence electrons. The van der Waals surface area contributed by atoms with Crippen LogP contribution in [0.2, 0.25) is 0 Å². The average molecular weight is 284 g/mol. The number of rotatable bonds is 3. The van der Waals surface area contributed by atoms with Gasteiger partial charge in [0.15, 0.2) is 0 Å². The first-order chi connectivity index (χ1) is 9.79. The van der Waals surface area contributed by atoms with Crippen LogP contribution in [0.5, 0.6) is 0 Å². The second-order valence-electron chi connectivity index (χ2n) is 6.10. The summed E-state index contributed by atoms with van der Waals surface area (Å²) in [5.41, 5.74) is 6.21. The Bertz CT molecular complexity index is 633. The van der Waals surface area contributed by atoms with Gasteiger partial charge >= 0.3 is 0 Å². The van der Waals surface area contributed by atoms with E-state index in [0.717, 1.165) is 5.92 Å². The lowest BCUT2D eigenvalue weighted by atomic mass is 9.92. The summed E-state index contributed by atoms with van der Waals surface area (Å²) in [7, 11) is 0. The maximum absolute atomic E-state index is 5.89. The summed E-state index contributed by atoms with van der Waals surface area (Å²) in [6, 6.07) is 13.7. The molecule has 1 aromatic carbocycles. The Morgan fingerprint density at radius 2 is 2.10 bits per heavy atom. The van der Waals surface area contributed by atoms with Crippen LogP contribution in [-0.4, -0.2) is 0 Å². The predicted octanol–water partition coefficient (Wildman–Crippen LogP) is 3.54. The molecule has 0 radical (unpaired) electrons. The molecule has 1 heterocycles. The molecule has 0 aliphatic heterocycles. The van der Waals surface area contributed by atoms with Gasteiger partial charge in [-0.3, -0.25) is 11.3 Å². The van der Waals surface area contributed by atoms with Gasteiger partial charge in [-0.15, -0.1) is 11.3 Å². The smallest absolute Gasteiger partial charge is 0.0590 e. The van der Waals surface area contributed by atoms with E-state index >= 15 is 0 Å². The van der Waals surface area contributed by atoms with Gasteiger partial charge in [-0.25, -0.2) is 0 Å². The van der Waals surface area contributed by atoms with Crippen LogP contribution in [0, 0.1) is 18.8 Å². The number of hydrazine groups is 1. The third-order valence-electron chi connectivity index (χ3n) is 5.02. The summed E-state index contributed by atoms with van der Waals surface area (Å²) in [6.07, 6.45) is 2.55. The van der Waals surface area contributed by atoms with Gasteiger partial charge in [0.25, 0.3) is 0 Å². The number of benzene rings is 1. The first-order valence-electron chi connectivity index (χ1n) is 7.40. The maximum atomic E-state index is 5.89. The molecule has 0 amide bonds. The molecule has 4 unspecified atom stereocenters. The fourth-order valence-corrected chi connectivity index (χ4v) is 5.07. The molecule has 0 bridgehead atoms. The van der Waals surface area contributed by atoms with E-state index in [9.17, 15) is 0 Å². The van der Waals surface area contributed by atoms with Crippen molar-refractivity contribution >= 4 is 11.3 Å². The molecule has 20 heavy (non-hydrogen) atoms. The topological polar surface area (TPSA) is 38.0 Å². The van der Waals surface area contributed by atoms with Crippen LogP contribution in [0.3, 0.4) is 0 Å². The lowest BCUT2D eigenvalue weighted by Crippen LogP contribution is -2.29. The van der Waals surface area contributed by atoms with Gasteiger partial charge in [0.1, 0.15) is 0 Å². The quantitative estimate of drug-likeness (QED) is 0.668. The molecule has 1 fully saturated rings. The number of thiophene rings is 1. The zero-order chi connectivity index (χ0) is 13.7. The molecular formula is C17H20N2S. The van der Waals surface area contributed by atoms with Gasteiger partial charge < -0.3 is 0 Å². The van der Waals surface area contributed by atoms with Crippen molar-refractivity contribution in [2.45, 2.75) is 31.7 Å². The van der Waals surface area contributed by atoms with Crippen LogP contribution in [0.4, 0.5) is 0 Å². The highest BCUT2D eigenvalue weighted by atomic mass is 32.1. The van der Waals surface area contributed by atoms with E-state index in [1.165, 1.54) is 22.6 Å². The third-order valence-corrected chi connectivity index (χ3v) is 6.11. The minimum atomic E-state index is 0.315. The van der Waals surface area contributed by atoms with Crippen LogP contribution >= 0.6 is 11.3 Å². The molecule has 4 atom stereocenters. The molecule has 3 heteroatoms. The van der Waals surface area contributed by atoms with Crippen LogP contribution < -0.4 is 11.3 Å². The number of hydrogen-bond acceptors (Lipinski definition) is 3. The van der Waals surface area contributed by atoms with Crippen molar-refractivity contribution in [3.8, 4) is 0 Å². The molecule has 4 rings (SSSR count). The lowest BCUT2D eigenvalue weighted by Gasteiger charge is -2.15. The Labute approximate surface area is 124 Å². The maximum Gasteiger partial charge on any atom is 0.0590 e. The van der Waals surface area contributed by atoms with Crippen molar-refractivity contribution in [3.05, 3.63) is 57.3 Å². The van der Waals surface area contributed by atoms with Crippen molar-refractivity contribution in [2.24, 2.45) is 17.7 Å². The van der Waals surface area contributed by atoms with Gasteiger partial charge in [-0.1, -0.05) is 24.3 Å². The number of aryl methyl sites for hydroxylation is 2. The highest BCUT2D eigenvalue weighted by molar-refractivity contribution is 7.12. The van der Waals surface area contributed by atoms with Gasteiger partial charge in [-0.2, -0.15) is 0 Å². The molecule has 2 nitrogen and oxygen atoms in total. The number of hydrogen-bond donors (Lipinski definition) is 2. The minimum absolute atomic E-state index is 0.315. The zero-order valence-electron chi connectivity index (χ0n) is 11.7. The Morgan fingerprint density at radius 1 is 1.25 bits per heavy atom. The standard InChI is InChI=1S/C17H20N2S/c1-10-6-9-14(20-10)17(19-18)16-13-8-7-11-4-2-3-5-12(11)15(13)16/h2-6,9,13,15-17,19H,7-8,18H2,1H3. The second-order valence-corrected chi connectivity index (χ2v) is 7.42. The SMILES string of the molecule is Cc1ccc(C(NN)C2C3CCc4ccccc4C32)s1. The van der Waals surface area contributed by atoms with E-state index in [4.69, 9.17) is 5.84 Å². The molecule has 2 aliphatic rings. The minimum Gasteiger partial charge on any atom is -0.271 e. The van der Waals surface area contributed by atoms with Crippen molar-refractivity contribution in [3.63, 3.8) is 0 Å². The van der Waals surface area contributed by atoms with Crippen molar-refractivity contribution in [1.29, 1.82) is 0 Å². The summed E-state index contributed by atoms with van der Waals surface area (Å²) in [6.45, 7) is 2.16.